The van der Waals surface area contributed by atoms with Gasteiger partial charge in [0.2, 0.25) is 11.2 Å². The summed E-state index contributed by atoms with van der Waals surface area (Å²) in [7, 11) is 0. The van der Waals surface area contributed by atoms with E-state index in [2.05, 4.69) is 0 Å². The minimum Gasteiger partial charge on any atom is -0.502 e. The van der Waals surface area contributed by atoms with E-state index in [1.807, 2.05) is 62.4 Å². The fourth-order valence-electron chi connectivity index (χ4n) is 3.25. The Balaban J connectivity index is 2.14. The summed E-state index contributed by atoms with van der Waals surface area (Å²) >= 11 is 0. The average Bonchev–Trinajstić information content (AvgIpc) is 2.58. The highest BCUT2D eigenvalue weighted by atomic mass is 16.4. The molecule has 1 N–H and O–H groups in total. The van der Waals surface area contributed by atoms with Crippen molar-refractivity contribution in [2.24, 2.45) is 0 Å². The van der Waals surface area contributed by atoms with Crippen molar-refractivity contribution in [3.05, 3.63) is 75.9 Å². The van der Waals surface area contributed by atoms with E-state index in [-0.39, 0.29) is 11.5 Å². The van der Waals surface area contributed by atoms with Crippen molar-refractivity contribution in [1.82, 2.24) is 0 Å². The monoisotopic (exact) mass is 316 g/mol. The van der Waals surface area contributed by atoms with Crippen molar-refractivity contribution < 1.29 is 9.52 Å². The molecule has 118 valence electrons. The lowest BCUT2D eigenvalue weighted by Crippen LogP contribution is -2.04. The molecule has 1 heterocycles. The summed E-state index contributed by atoms with van der Waals surface area (Å²) in [6.45, 7) is 3.82. The van der Waals surface area contributed by atoms with Crippen molar-refractivity contribution in [3.63, 3.8) is 0 Å². The van der Waals surface area contributed by atoms with Gasteiger partial charge < -0.3 is 9.52 Å². The van der Waals surface area contributed by atoms with Crippen molar-refractivity contribution in [2.75, 3.05) is 0 Å². The number of rotatable bonds is 1. The minimum atomic E-state index is -0.397. The van der Waals surface area contributed by atoms with Gasteiger partial charge in [-0.1, -0.05) is 48.5 Å². The summed E-state index contributed by atoms with van der Waals surface area (Å²) in [6.07, 6.45) is 0. The molecular weight excluding hydrogens is 300 g/mol. The molecule has 0 atom stereocenters. The van der Waals surface area contributed by atoms with Gasteiger partial charge >= 0.3 is 0 Å². The van der Waals surface area contributed by atoms with Crippen LogP contribution in [-0.2, 0) is 0 Å². The highest BCUT2D eigenvalue weighted by Gasteiger charge is 2.18. The first-order chi connectivity index (χ1) is 11.6. The smallest absolute Gasteiger partial charge is 0.235 e. The van der Waals surface area contributed by atoms with Gasteiger partial charge in [-0.15, -0.1) is 0 Å². The topological polar surface area (TPSA) is 50.4 Å². The molecule has 0 saturated carbocycles. The van der Waals surface area contributed by atoms with Gasteiger partial charge in [0, 0.05) is 5.56 Å². The number of hydrogen-bond acceptors (Lipinski definition) is 3. The Hall–Kier alpha value is -3.07. The highest BCUT2D eigenvalue weighted by molar-refractivity contribution is 5.97. The molecule has 4 rings (SSSR count). The third-order valence-electron chi connectivity index (χ3n) is 4.33. The number of benzene rings is 3. The van der Waals surface area contributed by atoms with E-state index in [0.29, 0.717) is 16.5 Å². The molecule has 0 fully saturated rings. The van der Waals surface area contributed by atoms with Gasteiger partial charge in [-0.05, 0) is 41.8 Å². The predicted molar refractivity (Wildman–Crippen MR) is 96.6 cm³/mol. The van der Waals surface area contributed by atoms with E-state index >= 15 is 0 Å². The Morgan fingerprint density at radius 1 is 0.917 bits per heavy atom. The zero-order valence-electron chi connectivity index (χ0n) is 13.5. The maximum Gasteiger partial charge on any atom is 0.235 e. The van der Waals surface area contributed by atoms with E-state index in [1.54, 1.807) is 6.07 Å². The fourth-order valence-corrected chi connectivity index (χ4v) is 3.25. The van der Waals surface area contributed by atoms with Crippen molar-refractivity contribution >= 4 is 21.7 Å². The lowest BCUT2D eigenvalue weighted by Gasteiger charge is -2.10. The summed E-state index contributed by atoms with van der Waals surface area (Å²) in [5, 5.41) is 12.9. The second-order valence-electron chi connectivity index (χ2n) is 6.09. The van der Waals surface area contributed by atoms with Gasteiger partial charge in [-0.25, -0.2) is 0 Å². The number of hydrogen-bond donors (Lipinski definition) is 1. The molecule has 3 heteroatoms. The van der Waals surface area contributed by atoms with Crippen molar-refractivity contribution in [3.8, 4) is 17.1 Å². The van der Waals surface area contributed by atoms with Crippen LogP contribution in [0.5, 0.6) is 5.75 Å². The second-order valence-corrected chi connectivity index (χ2v) is 6.09. The van der Waals surface area contributed by atoms with E-state index in [4.69, 9.17) is 4.42 Å². The lowest BCUT2D eigenvalue weighted by molar-refractivity contribution is 0.449. The fraction of sp³-hybridized carbons (Fsp3) is 0.0952. The molecule has 0 unspecified atom stereocenters. The molecule has 0 spiro atoms. The molecule has 0 aliphatic carbocycles. The Kier molecular flexibility index (Phi) is 3.17. The largest absolute Gasteiger partial charge is 0.502 e. The molecule has 0 aliphatic rings. The molecule has 1 aromatic heterocycles. The quantitative estimate of drug-likeness (QED) is 0.541. The lowest BCUT2D eigenvalue weighted by atomic mass is 10.0. The normalized spacial score (nSPS) is 11.2. The first-order valence-corrected chi connectivity index (χ1v) is 7.81. The second kappa shape index (κ2) is 5.24. The molecule has 24 heavy (non-hydrogen) atoms. The highest BCUT2D eigenvalue weighted by Crippen LogP contribution is 2.35. The Morgan fingerprint density at radius 2 is 1.67 bits per heavy atom. The molecule has 4 aromatic rings. The molecular formula is C21H16O3. The van der Waals surface area contributed by atoms with E-state index < -0.39 is 5.43 Å². The van der Waals surface area contributed by atoms with Crippen LogP contribution in [0.15, 0.2) is 63.8 Å². The summed E-state index contributed by atoms with van der Waals surface area (Å²) < 4.78 is 6.00. The Bertz CT molecular complexity index is 1150. The Labute approximate surface area is 138 Å². The summed E-state index contributed by atoms with van der Waals surface area (Å²) in [5.74, 6) is -0.125. The van der Waals surface area contributed by atoms with E-state index in [1.165, 1.54) is 0 Å². The van der Waals surface area contributed by atoms with E-state index in [9.17, 15) is 9.90 Å². The van der Waals surface area contributed by atoms with Crippen molar-refractivity contribution in [2.45, 2.75) is 13.8 Å². The predicted octanol–water partition coefficient (Wildman–Crippen LogP) is 4.94. The number of aryl methyl sites for hydroxylation is 2. The molecule has 0 radical (unpaired) electrons. The third kappa shape index (κ3) is 2.09. The first-order valence-electron chi connectivity index (χ1n) is 7.81. The average molecular weight is 316 g/mol. The molecule has 3 nitrogen and oxygen atoms in total. The van der Waals surface area contributed by atoms with Gasteiger partial charge in [0.15, 0.2) is 5.76 Å². The molecule has 0 aliphatic heterocycles. The van der Waals surface area contributed by atoms with Gasteiger partial charge in [0.1, 0.15) is 5.58 Å². The van der Waals surface area contributed by atoms with Crippen LogP contribution >= 0.6 is 0 Å². The standard InChI is InChI=1S/C21H16O3/c1-12-10-13(2)20-17(11-12)18(22)19(23)21(24-20)16-9-5-7-14-6-3-4-8-15(14)16/h3-11,23H,1-2H3. The summed E-state index contributed by atoms with van der Waals surface area (Å²) in [4.78, 5) is 12.7. The van der Waals surface area contributed by atoms with Crippen LogP contribution in [0.4, 0.5) is 0 Å². The minimum absolute atomic E-state index is 0.219. The number of aromatic hydroxyl groups is 1. The summed E-state index contributed by atoms with van der Waals surface area (Å²) in [5.41, 5.74) is 2.68. The molecule has 3 aromatic carbocycles. The third-order valence-corrected chi connectivity index (χ3v) is 4.33. The van der Waals surface area contributed by atoms with Crippen LogP contribution < -0.4 is 5.43 Å². The summed E-state index contributed by atoms with van der Waals surface area (Å²) in [6, 6.07) is 17.3. The van der Waals surface area contributed by atoms with Crippen LogP contribution in [0.1, 0.15) is 11.1 Å². The van der Waals surface area contributed by atoms with Crippen LogP contribution in [0, 0.1) is 13.8 Å². The number of fused-ring (bicyclic) bond motifs is 2. The van der Waals surface area contributed by atoms with Crippen LogP contribution in [-0.4, -0.2) is 5.11 Å². The zero-order chi connectivity index (χ0) is 16.8. The zero-order valence-corrected chi connectivity index (χ0v) is 13.5. The maximum atomic E-state index is 12.7. The van der Waals surface area contributed by atoms with Gasteiger partial charge in [-0.2, -0.15) is 0 Å². The molecule has 0 saturated heterocycles. The van der Waals surface area contributed by atoms with Crippen molar-refractivity contribution in [1.29, 1.82) is 0 Å². The molecule has 0 amide bonds. The Morgan fingerprint density at radius 3 is 2.50 bits per heavy atom. The van der Waals surface area contributed by atoms with Crippen LogP contribution in [0.2, 0.25) is 0 Å². The molecule has 0 bridgehead atoms. The first kappa shape index (κ1) is 14.5. The maximum absolute atomic E-state index is 12.7. The van der Waals surface area contributed by atoms with Crippen LogP contribution in [0.3, 0.4) is 0 Å². The van der Waals surface area contributed by atoms with Crippen LogP contribution in [0.25, 0.3) is 33.1 Å². The van der Waals surface area contributed by atoms with Gasteiger partial charge in [0.25, 0.3) is 0 Å². The van der Waals surface area contributed by atoms with E-state index in [0.717, 1.165) is 21.9 Å². The van der Waals surface area contributed by atoms with Gasteiger partial charge in [0.05, 0.1) is 5.39 Å². The van der Waals surface area contributed by atoms with Gasteiger partial charge in [-0.3, -0.25) is 4.79 Å². The SMILES string of the molecule is Cc1cc(C)c2oc(-c3cccc4ccccc34)c(O)c(=O)c2c1.